The van der Waals surface area contributed by atoms with Gasteiger partial charge in [0, 0.05) is 34.4 Å². The number of benzene rings is 3. The average molecular weight is 427 g/mol. The Morgan fingerprint density at radius 3 is 2.41 bits per heavy atom. The summed E-state index contributed by atoms with van der Waals surface area (Å²) in [4.78, 5) is 13.1. The van der Waals surface area contributed by atoms with Crippen LogP contribution in [-0.2, 0) is 10.0 Å². The minimum atomic E-state index is -3.63. The Labute approximate surface area is 175 Å². The molecule has 0 aliphatic carbocycles. The molecular formula is C22H19ClN2O3S. The second-order valence-electron chi connectivity index (χ2n) is 7.08. The third-order valence-corrected chi connectivity index (χ3v) is 7.35. The van der Waals surface area contributed by atoms with Gasteiger partial charge in [0.1, 0.15) is 0 Å². The Bertz CT molecular complexity index is 1270. The first-order chi connectivity index (χ1) is 13.7. The van der Waals surface area contributed by atoms with Crippen LogP contribution < -0.4 is 9.62 Å². The van der Waals surface area contributed by atoms with Crippen molar-refractivity contribution in [2.75, 3.05) is 16.7 Å². The zero-order valence-corrected chi connectivity index (χ0v) is 17.7. The lowest BCUT2D eigenvalue weighted by molar-refractivity contribution is 0.102. The molecule has 7 heteroatoms. The van der Waals surface area contributed by atoms with E-state index in [0.717, 1.165) is 5.56 Å². The first kappa shape index (κ1) is 19.5. The van der Waals surface area contributed by atoms with Crippen LogP contribution in [0.3, 0.4) is 0 Å². The van der Waals surface area contributed by atoms with E-state index in [4.69, 9.17) is 11.6 Å². The summed E-state index contributed by atoms with van der Waals surface area (Å²) in [6.45, 7) is 3.70. The fraction of sp³-hybridized carbons (Fsp3) is 0.136. The van der Waals surface area contributed by atoms with Gasteiger partial charge < -0.3 is 5.32 Å². The van der Waals surface area contributed by atoms with Crippen molar-refractivity contribution in [2.24, 2.45) is 0 Å². The molecule has 0 bridgehead atoms. The molecule has 29 heavy (non-hydrogen) atoms. The minimum absolute atomic E-state index is 0.234. The monoisotopic (exact) mass is 426 g/mol. The molecule has 1 aliphatic heterocycles. The van der Waals surface area contributed by atoms with Crippen LogP contribution >= 0.6 is 11.6 Å². The SMILES string of the molecule is Cc1ccc(NC(=O)c2cc(C)c3c(c2)-c2ccccc2S(=O)(=O)N3C)cc1Cl. The van der Waals surface area contributed by atoms with E-state index in [1.807, 2.05) is 13.0 Å². The fourth-order valence-corrected chi connectivity index (χ4v) is 5.25. The predicted molar refractivity (Wildman–Crippen MR) is 116 cm³/mol. The number of halogens is 1. The second-order valence-corrected chi connectivity index (χ2v) is 9.42. The molecule has 4 rings (SSSR count). The summed E-state index contributed by atoms with van der Waals surface area (Å²) in [5, 5.41) is 3.43. The number of rotatable bonds is 2. The van der Waals surface area contributed by atoms with Crippen molar-refractivity contribution in [1.82, 2.24) is 0 Å². The van der Waals surface area contributed by atoms with E-state index in [1.54, 1.807) is 55.5 Å². The van der Waals surface area contributed by atoms with Crippen molar-refractivity contribution in [3.05, 3.63) is 76.3 Å². The molecule has 0 aromatic heterocycles. The highest BCUT2D eigenvalue weighted by Gasteiger charge is 2.33. The number of carbonyl (C=O) groups excluding carboxylic acids is 1. The average Bonchev–Trinajstić information content (AvgIpc) is 2.69. The molecule has 148 valence electrons. The standard InChI is InChI=1S/C22H19ClN2O3S/c1-13-8-9-16(12-19(13)23)24-22(26)15-10-14(2)21-18(11-15)17-6-4-5-7-20(17)29(27,28)25(21)3/h4-12H,1-3H3,(H,24,26). The van der Waals surface area contributed by atoms with Gasteiger partial charge in [0.15, 0.2) is 0 Å². The van der Waals surface area contributed by atoms with Gasteiger partial charge in [0.25, 0.3) is 15.9 Å². The number of anilines is 2. The fourth-order valence-electron chi connectivity index (χ4n) is 3.59. The lowest BCUT2D eigenvalue weighted by Crippen LogP contribution is -2.31. The summed E-state index contributed by atoms with van der Waals surface area (Å²) in [6, 6.07) is 15.6. The number of sulfonamides is 1. The molecule has 0 unspecified atom stereocenters. The molecule has 0 saturated carbocycles. The molecule has 3 aromatic rings. The van der Waals surface area contributed by atoms with Gasteiger partial charge in [-0.3, -0.25) is 9.10 Å². The number of carbonyl (C=O) groups is 1. The smallest absolute Gasteiger partial charge is 0.264 e. The van der Waals surface area contributed by atoms with E-state index in [0.29, 0.717) is 38.7 Å². The molecular weight excluding hydrogens is 408 g/mol. The molecule has 1 heterocycles. The van der Waals surface area contributed by atoms with Crippen molar-refractivity contribution in [1.29, 1.82) is 0 Å². The number of fused-ring (bicyclic) bond motifs is 3. The molecule has 3 aromatic carbocycles. The first-order valence-corrected chi connectivity index (χ1v) is 10.8. The van der Waals surface area contributed by atoms with Gasteiger partial charge in [-0.1, -0.05) is 35.9 Å². The highest BCUT2D eigenvalue weighted by Crippen LogP contribution is 2.44. The van der Waals surface area contributed by atoms with Gasteiger partial charge >= 0.3 is 0 Å². The number of hydrogen-bond acceptors (Lipinski definition) is 3. The molecule has 1 amide bonds. The summed E-state index contributed by atoms with van der Waals surface area (Å²) in [5.74, 6) is -0.288. The normalized spacial score (nSPS) is 14.1. The molecule has 0 fully saturated rings. The Hall–Kier alpha value is -2.83. The molecule has 1 N–H and O–H groups in total. The summed E-state index contributed by atoms with van der Waals surface area (Å²) in [6.07, 6.45) is 0. The highest BCUT2D eigenvalue weighted by molar-refractivity contribution is 7.93. The minimum Gasteiger partial charge on any atom is -0.322 e. The molecule has 0 radical (unpaired) electrons. The van der Waals surface area contributed by atoms with Crippen molar-refractivity contribution in [3.8, 4) is 11.1 Å². The van der Waals surface area contributed by atoms with Gasteiger partial charge in [-0.15, -0.1) is 0 Å². The molecule has 0 saturated heterocycles. The van der Waals surface area contributed by atoms with Crippen LogP contribution in [0.25, 0.3) is 11.1 Å². The van der Waals surface area contributed by atoms with Gasteiger partial charge in [-0.05, 0) is 55.3 Å². The first-order valence-electron chi connectivity index (χ1n) is 9.00. The van der Waals surface area contributed by atoms with E-state index in [9.17, 15) is 13.2 Å². The van der Waals surface area contributed by atoms with Crippen LogP contribution in [0, 0.1) is 13.8 Å². The number of nitrogens with zero attached hydrogens (tertiary/aromatic N) is 1. The maximum absolute atomic E-state index is 12.9. The van der Waals surface area contributed by atoms with Crippen LogP contribution in [-0.4, -0.2) is 21.4 Å². The van der Waals surface area contributed by atoms with Crippen molar-refractivity contribution >= 4 is 38.9 Å². The topological polar surface area (TPSA) is 66.5 Å². The van der Waals surface area contributed by atoms with E-state index in [2.05, 4.69) is 5.32 Å². The maximum Gasteiger partial charge on any atom is 0.264 e. The van der Waals surface area contributed by atoms with Crippen LogP contribution in [0.15, 0.2) is 59.5 Å². The van der Waals surface area contributed by atoms with E-state index in [-0.39, 0.29) is 10.8 Å². The second kappa shape index (κ2) is 6.90. The number of aryl methyl sites for hydroxylation is 2. The van der Waals surface area contributed by atoms with Crippen LogP contribution in [0.2, 0.25) is 5.02 Å². The molecule has 0 spiro atoms. The van der Waals surface area contributed by atoms with Crippen molar-refractivity contribution in [2.45, 2.75) is 18.7 Å². The van der Waals surface area contributed by atoms with Crippen LogP contribution in [0.4, 0.5) is 11.4 Å². The van der Waals surface area contributed by atoms with Gasteiger partial charge in [0.2, 0.25) is 0 Å². The molecule has 0 atom stereocenters. The zero-order valence-electron chi connectivity index (χ0n) is 16.2. The summed E-state index contributed by atoms with van der Waals surface area (Å²) in [5.41, 5.74) is 4.56. The van der Waals surface area contributed by atoms with E-state index in [1.165, 1.54) is 11.4 Å². The van der Waals surface area contributed by atoms with Gasteiger partial charge in [-0.2, -0.15) is 0 Å². The number of hydrogen-bond donors (Lipinski definition) is 1. The lowest BCUT2D eigenvalue weighted by atomic mass is 9.96. The summed E-state index contributed by atoms with van der Waals surface area (Å²) >= 11 is 6.15. The Balaban J connectivity index is 1.81. The summed E-state index contributed by atoms with van der Waals surface area (Å²) < 4.78 is 27.0. The third kappa shape index (κ3) is 3.18. The van der Waals surface area contributed by atoms with Crippen molar-refractivity contribution in [3.63, 3.8) is 0 Å². The van der Waals surface area contributed by atoms with Crippen LogP contribution in [0.1, 0.15) is 21.5 Å². The number of amides is 1. The molecule has 1 aliphatic rings. The van der Waals surface area contributed by atoms with E-state index < -0.39 is 10.0 Å². The Morgan fingerprint density at radius 2 is 1.69 bits per heavy atom. The summed E-state index contributed by atoms with van der Waals surface area (Å²) in [7, 11) is -2.10. The Kier molecular flexibility index (Phi) is 4.63. The van der Waals surface area contributed by atoms with Gasteiger partial charge in [0.05, 0.1) is 10.6 Å². The quantitative estimate of drug-likeness (QED) is 0.626. The Morgan fingerprint density at radius 1 is 0.966 bits per heavy atom. The van der Waals surface area contributed by atoms with Crippen molar-refractivity contribution < 1.29 is 13.2 Å². The highest BCUT2D eigenvalue weighted by atomic mass is 35.5. The van der Waals surface area contributed by atoms with Gasteiger partial charge in [-0.25, -0.2) is 8.42 Å². The maximum atomic E-state index is 12.9. The predicted octanol–water partition coefficient (Wildman–Crippen LogP) is 5.01. The largest absolute Gasteiger partial charge is 0.322 e. The van der Waals surface area contributed by atoms with Crippen LogP contribution in [0.5, 0.6) is 0 Å². The lowest BCUT2D eigenvalue weighted by Gasteiger charge is -2.31. The third-order valence-electron chi connectivity index (χ3n) is 5.12. The molecule has 5 nitrogen and oxygen atoms in total. The van der Waals surface area contributed by atoms with E-state index >= 15 is 0 Å². The zero-order chi connectivity index (χ0) is 20.9. The number of nitrogens with one attached hydrogen (secondary N) is 1.